The Hall–Kier alpha value is -1.59. The van der Waals surface area contributed by atoms with Gasteiger partial charge in [0.05, 0.1) is 0 Å². The molecule has 0 radical (unpaired) electrons. The monoisotopic (exact) mass is 258 g/mol. The third-order valence-corrected chi connectivity index (χ3v) is 2.36. The summed E-state index contributed by atoms with van der Waals surface area (Å²) in [5.41, 5.74) is 0. The molecule has 2 amide bonds. The van der Waals surface area contributed by atoms with Crippen LogP contribution in [0.2, 0.25) is 0 Å². The van der Waals surface area contributed by atoms with Crippen molar-refractivity contribution in [3.8, 4) is 0 Å². The summed E-state index contributed by atoms with van der Waals surface area (Å²) < 4.78 is 0. The van der Waals surface area contributed by atoms with Crippen molar-refractivity contribution in [3.63, 3.8) is 0 Å². The highest BCUT2D eigenvalue weighted by molar-refractivity contribution is 5.86. The van der Waals surface area contributed by atoms with E-state index in [9.17, 15) is 14.4 Å². The van der Waals surface area contributed by atoms with Crippen molar-refractivity contribution >= 4 is 17.8 Å². The summed E-state index contributed by atoms with van der Waals surface area (Å²) in [5.74, 6) is -1.63. The van der Waals surface area contributed by atoms with Gasteiger partial charge < -0.3 is 15.7 Å². The summed E-state index contributed by atoms with van der Waals surface area (Å²) in [5, 5.41) is 13.9. The van der Waals surface area contributed by atoms with Gasteiger partial charge in [0.1, 0.15) is 6.04 Å². The van der Waals surface area contributed by atoms with E-state index in [1.54, 1.807) is 0 Å². The Morgan fingerprint density at radius 1 is 1.06 bits per heavy atom. The molecule has 0 rings (SSSR count). The lowest BCUT2D eigenvalue weighted by atomic mass is 10.1. The Balaban J connectivity index is 3.94. The minimum absolute atomic E-state index is 0.0169. The van der Waals surface area contributed by atoms with E-state index in [1.165, 1.54) is 0 Å². The molecule has 1 atom stereocenters. The molecular weight excluding hydrogens is 236 g/mol. The van der Waals surface area contributed by atoms with Gasteiger partial charge in [-0.2, -0.15) is 0 Å². The van der Waals surface area contributed by atoms with Gasteiger partial charge in [-0.3, -0.25) is 9.59 Å². The SMILES string of the molecule is CCCNC(=O)CCC(=O)NC(CCC)C(=O)O. The summed E-state index contributed by atoms with van der Waals surface area (Å²) >= 11 is 0. The van der Waals surface area contributed by atoms with Crippen molar-refractivity contribution in [2.75, 3.05) is 6.54 Å². The van der Waals surface area contributed by atoms with Gasteiger partial charge in [0.15, 0.2) is 0 Å². The van der Waals surface area contributed by atoms with Crippen LogP contribution >= 0.6 is 0 Å². The summed E-state index contributed by atoms with van der Waals surface area (Å²) in [6.45, 7) is 4.38. The Bertz CT molecular complexity index is 292. The van der Waals surface area contributed by atoms with Gasteiger partial charge in [-0.1, -0.05) is 20.3 Å². The van der Waals surface area contributed by atoms with Crippen molar-refractivity contribution in [3.05, 3.63) is 0 Å². The molecule has 18 heavy (non-hydrogen) atoms. The first-order valence-corrected chi connectivity index (χ1v) is 6.30. The molecule has 0 aromatic rings. The van der Waals surface area contributed by atoms with Gasteiger partial charge >= 0.3 is 5.97 Å². The first-order valence-electron chi connectivity index (χ1n) is 6.30. The van der Waals surface area contributed by atoms with E-state index in [1.807, 2.05) is 13.8 Å². The zero-order valence-electron chi connectivity index (χ0n) is 11.0. The molecule has 1 unspecified atom stereocenters. The molecule has 0 bridgehead atoms. The van der Waals surface area contributed by atoms with Crippen LogP contribution in [0.15, 0.2) is 0 Å². The van der Waals surface area contributed by atoms with E-state index in [0.29, 0.717) is 19.4 Å². The van der Waals surface area contributed by atoms with Gasteiger partial charge in [-0.05, 0) is 12.8 Å². The molecule has 6 heteroatoms. The Morgan fingerprint density at radius 2 is 1.67 bits per heavy atom. The number of carboxylic acid groups (broad SMARTS) is 1. The zero-order valence-corrected chi connectivity index (χ0v) is 11.0. The van der Waals surface area contributed by atoms with Crippen molar-refractivity contribution in [2.24, 2.45) is 0 Å². The minimum atomic E-state index is -1.04. The Morgan fingerprint density at radius 3 is 2.17 bits per heavy atom. The number of nitrogens with one attached hydrogen (secondary N) is 2. The fourth-order valence-corrected chi connectivity index (χ4v) is 1.39. The van der Waals surface area contributed by atoms with Gasteiger partial charge in [-0.25, -0.2) is 4.79 Å². The second kappa shape index (κ2) is 9.44. The molecule has 3 N–H and O–H groups in total. The molecule has 104 valence electrons. The van der Waals surface area contributed by atoms with Crippen molar-refractivity contribution in [1.29, 1.82) is 0 Å². The average molecular weight is 258 g/mol. The van der Waals surface area contributed by atoms with Gasteiger partial charge in [0, 0.05) is 19.4 Å². The van der Waals surface area contributed by atoms with Crippen LogP contribution in [0, 0.1) is 0 Å². The molecule has 6 nitrogen and oxygen atoms in total. The highest BCUT2D eigenvalue weighted by Crippen LogP contribution is 1.98. The fraction of sp³-hybridized carbons (Fsp3) is 0.750. The molecule has 0 aromatic carbocycles. The average Bonchev–Trinajstić information content (AvgIpc) is 2.33. The fourth-order valence-electron chi connectivity index (χ4n) is 1.39. The summed E-state index contributed by atoms with van der Waals surface area (Å²) in [7, 11) is 0. The van der Waals surface area contributed by atoms with E-state index >= 15 is 0 Å². The summed E-state index contributed by atoms with van der Waals surface area (Å²) in [6, 6.07) is -0.860. The second-order valence-electron chi connectivity index (χ2n) is 4.10. The third kappa shape index (κ3) is 7.65. The molecule has 0 aliphatic heterocycles. The highest BCUT2D eigenvalue weighted by Gasteiger charge is 2.18. The maximum Gasteiger partial charge on any atom is 0.326 e. The van der Waals surface area contributed by atoms with Gasteiger partial charge in [-0.15, -0.1) is 0 Å². The normalized spacial score (nSPS) is 11.7. The number of carboxylic acids is 1. The minimum Gasteiger partial charge on any atom is -0.480 e. The Labute approximate surface area is 107 Å². The first-order chi connectivity index (χ1) is 8.51. The van der Waals surface area contributed by atoms with E-state index in [0.717, 1.165) is 6.42 Å². The largest absolute Gasteiger partial charge is 0.480 e. The standard InChI is InChI=1S/C12H22N2O4/c1-3-5-9(12(17)18)14-11(16)7-6-10(15)13-8-4-2/h9H,3-8H2,1-2H3,(H,13,15)(H,14,16)(H,17,18). The number of aliphatic carboxylic acids is 1. The van der Waals surface area contributed by atoms with Crippen LogP contribution in [0.1, 0.15) is 46.0 Å². The highest BCUT2D eigenvalue weighted by atomic mass is 16.4. The van der Waals surface area contributed by atoms with Crippen LogP contribution in [0.5, 0.6) is 0 Å². The predicted molar refractivity (Wildman–Crippen MR) is 67.0 cm³/mol. The quantitative estimate of drug-likeness (QED) is 0.566. The smallest absolute Gasteiger partial charge is 0.326 e. The predicted octanol–water partition coefficient (Wildman–Crippen LogP) is 0.662. The van der Waals surface area contributed by atoms with E-state index in [4.69, 9.17) is 5.11 Å². The lowest BCUT2D eigenvalue weighted by molar-refractivity contribution is -0.142. The van der Waals surface area contributed by atoms with E-state index in [-0.39, 0.29) is 18.7 Å². The van der Waals surface area contributed by atoms with Crippen molar-refractivity contribution in [2.45, 2.75) is 52.0 Å². The number of carbonyl (C=O) groups is 3. The van der Waals surface area contributed by atoms with E-state index in [2.05, 4.69) is 10.6 Å². The topological polar surface area (TPSA) is 95.5 Å². The molecule has 0 heterocycles. The third-order valence-electron chi connectivity index (χ3n) is 2.36. The van der Waals surface area contributed by atoms with Crippen LogP contribution in [-0.2, 0) is 14.4 Å². The lowest BCUT2D eigenvalue weighted by Crippen LogP contribution is -2.41. The van der Waals surface area contributed by atoms with Crippen LogP contribution in [0.3, 0.4) is 0 Å². The summed E-state index contributed by atoms with van der Waals surface area (Å²) in [6.07, 6.45) is 2.01. The molecule has 0 spiro atoms. The maximum absolute atomic E-state index is 11.5. The molecule has 0 saturated carbocycles. The second-order valence-corrected chi connectivity index (χ2v) is 4.10. The first kappa shape index (κ1) is 16.4. The maximum atomic E-state index is 11.5. The van der Waals surface area contributed by atoms with E-state index < -0.39 is 17.9 Å². The Kier molecular flexibility index (Phi) is 8.61. The van der Waals surface area contributed by atoms with Gasteiger partial charge in [0.25, 0.3) is 0 Å². The number of amides is 2. The molecule has 0 aromatic heterocycles. The van der Waals surface area contributed by atoms with Crippen LogP contribution in [0.25, 0.3) is 0 Å². The number of rotatable bonds is 9. The number of hydrogen-bond acceptors (Lipinski definition) is 3. The van der Waals surface area contributed by atoms with Crippen molar-refractivity contribution in [1.82, 2.24) is 10.6 Å². The zero-order chi connectivity index (χ0) is 14.0. The van der Waals surface area contributed by atoms with Crippen LogP contribution in [-0.4, -0.2) is 35.5 Å². The molecule has 0 saturated heterocycles. The summed E-state index contributed by atoms with van der Waals surface area (Å²) in [4.78, 5) is 33.5. The molecule has 0 fully saturated rings. The molecular formula is C12H22N2O4. The molecule has 0 aliphatic carbocycles. The van der Waals surface area contributed by atoms with Crippen molar-refractivity contribution < 1.29 is 19.5 Å². The number of hydrogen-bond donors (Lipinski definition) is 3. The van der Waals surface area contributed by atoms with Crippen LogP contribution in [0.4, 0.5) is 0 Å². The lowest BCUT2D eigenvalue weighted by Gasteiger charge is -2.13. The molecule has 0 aliphatic rings. The number of carbonyl (C=O) groups excluding carboxylic acids is 2. The van der Waals surface area contributed by atoms with Crippen LogP contribution < -0.4 is 10.6 Å². The van der Waals surface area contributed by atoms with Gasteiger partial charge in [0.2, 0.25) is 11.8 Å².